The van der Waals surface area contributed by atoms with Crippen LogP contribution in [0.4, 0.5) is 5.69 Å². The van der Waals surface area contributed by atoms with Crippen LogP contribution in [0.15, 0.2) is 18.2 Å². The Morgan fingerprint density at radius 1 is 1.30 bits per heavy atom. The highest BCUT2D eigenvalue weighted by Crippen LogP contribution is 2.33. The second-order valence-electron chi connectivity index (χ2n) is 6.96. The average molecular weight is 295 g/mol. The van der Waals surface area contributed by atoms with E-state index in [1.165, 1.54) is 30.5 Å². The fourth-order valence-corrected chi connectivity index (χ4v) is 3.23. The van der Waals surface area contributed by atoms with E-state index in [-0.39, 0.29) is 6.04 Å². The van der Waals surface area contributed by atoms with Crippen molar-refractivity contribution in [1.29, 1.82) is 0 Å². The zero-order chi connectivity index (χ0) is 14.8. The van der Waals surface area contributed by atoms with Crippen LogP contribution < -0.4 is 10.6 Å². The fraction of sp³-hybridized carbons (Fsp3) is 0.647. The summed E-state index contributed by atoms with van der Waals surface area (Å²) < 4.78 is 0. The summed E-state index contributed by atoms with van der Waals surface area (Å²) in [6.07, 6.45) is 4.69. The predicted molar refractivity (Wildman–Crippen MR) is 88.7 cm³/mol. The topological polar surface area (TPSA) is 29.3 Å². The first-order valence-electron chi connectivity index (χ1n) is 7.66. The minimum Gasteiger partial charge on any atom is -0.371 e. The van der Waals surface area contributed by atoms with E-state index in [1.807, 2.05) is 6.07 Å². The van der Waals surface area contributed by atoms with Crippen molar-refractivity contribution in [2.45, 2.75) is 52.5 Å². The molecule has 0 aliphatic carbocycles. The van der Waals surface area contributed by atoms with Gasteiger partial charge in [0.25, 0.3) is 0 Å². The van der Waals surface area contributed by atoms with E-state index in [2.05, 4.69) is 37.8 Å². The van der Waals surface area contributed by atoms with Gasteiger partial charge in [-0.1, -0.05) is 25.4 Å². The monoisotopic (exact) mass is 294 g/mol. The van der Waals surface area contributed by atoms with Crippen LogP contribution in [-0.2, 0) is 6.42 Å². The quantitative estimate of drug-likeness (QED) is 0.903. The molecule has 2 nitrogen and oxygen atoms in total. The Bertz CT molecular complexity index is 454. The summed E-state index contributed by atoms with van der Waals surface area (Å²) in [7, 11) is 0. The van der Waals surface area contributed by atoms with Gasteiger partial charge in [-0.3, -0.25) is 0 Å². The van der Waals surface area contributed by atoms with Crippen LogP contribution in [0.3, 0.4) is 0 Å². The largest absolute Gasteiger partial charge is 0.371 e. The predicted octanol–water partition coefficient (Wildman–Crippen LogP) is 4.25. The second kappa shape index (κ2) is 6.36. The number of halogens is 1. The average Bonchev–Trinajstić information content (AvgIpc) is 2.50. The number of nitrogens with zero attached hydrogens (tertiary/aromatic N) is 1. The molecule has 1 aliphatic heterocycles. The van der Waals surface area contributed by atoms with E-state index in [4.69, 9.17) is 17.3 Å². The summed E-state index contributed by atoms with van der Waals surface area (Å²) in [6.45, 7) is 9.07. The van der Waals surface area contributed by atoms with E-state index in [0.29, 0.717) is 5.41 Å². The molecule has 1 fully saturated rings. The number of hydrogen-bond donors (Lipinski definition) is 1. The maximum absolute atomic E-state index is 6.16. The lowest BCUT2D eigenvalue weighted by molar-refractivity contribution is 0.325. The van der Waals surface area contributed by atoms with Crippen LogP contribution in [0.5, 0.6) is 0 Å². The molecule has 1 aliphatic rings. The summed E-state index contributed by atoms with van der Waals surface area (Å²) in [5, 5.41) is 0.805. The van der Waals surface area contributed by atoms with E-state index in [0.717, 1.165) is 24.5 Å². The summed E-state index contributed by atoms with van der Waals surface area (Å²) in [6, 6.07) is 6.40. The molecule has 0 saturated carbocycles. The van der Waals surface area contributed by atoms with Gasteiger partial charge in [-0.2, -0.15) is 0 Å². The first-order valence-corrected chi connectivity index (χ1v) is 8.04. The third kappa shape index (κ3) is 4.13. The number of nitrogens with two attached hydrogens (primary N) is 1. The van der Waals surface area contributed by atoms with Crippen LogP contribution in [0.25, 0.3) is 0 Å². The summed E-state index contributed by atoms with van der Waals surface area (Å²) in [4.78, 5) is 2.52. The van der Waals surface area contributed by atoms with Crippen molar-refractivity contribution in [3.8, 4) is 0 Å². The smallest absolute Gasteiger partial charge is 0.0410 e. The molecule has 2 rings (SSSR count). The van der Waals surface area contributed by atoms with Gasteiger partial charge in [-0.05, 0) is 61.8 Å². The Hall–Kier alpha value is -0.730. The molecule has 1 unspecified atom stereocenters. The summed E-state index contributed by atoms with van der Waals surface area (Å²) in [5.41, 5.74) is 9.05. The molecular formula is C17H27ClN2. The van der Waals surface area contributed by atoms with E-state index in [1.54, 1.807) is 0 Å². The van der Waals surface area contributed by atoms with Crippen LogP contribution in [-0.4, -0.2) is 19.1 Å². The number of anilines is 1. The maximum atomic E-state index is 6.16. The van der Waals surface area contributed by atoms with Gasteiger partial charge < -0.3 is 10.6 Å². The molecular weight excluding hydrogens is 268 g/mol. The van der Waals surface area contributed by atoms with Gasteiger partial charge in [0.15, 0.2) is 0 Å². The first kappa shape index (κ1) is 15.7. The molecule has 0 radical (unpaired) electrons. The van der Waals surface area contributed by atoms with Crippen molar-refractivity contribution >= 4 is 17.3 Å². The number of rotatable bonds is 3. The Morgan fingerprint density at radius 2 is 2.05 bits per heavy atom. The van der Waals surface area contributed by atoms with Gasteiger partial charge in [0.05, 0.1) is 0 Å². The van der Waals surface area contributed by atoms with Crippen LogP contribution in [0, 0.1) is 5.41 Å². The molecule has 20 heavy (non-hydrogen) atoms. The fourth-order valence-electron chi connectivity index (χ4n) is 3.04. The number of benzene rings is 1. The van der Waals surface area contributed by atoms with Crippen LogP contribution in [0.1, 0.15) is 45.6 Å². The van der Waals surface area contributed by atoms with Gasteiger partial charge in [0, 0.05) is 29.8 Å². The lowest BCUT2D eigenvalue weighted by atomic mass is 9.85. The molecule has 0 amide bonds. The van der Waals surface area contributed by atoms with Gasteiger partial charge in [0.1, 0.15) is 0 Å². The molecule has 3 heteroatoms. The van der Waals surface area contributed by atoms with Crippen molar-refractivity contribution in [3.63, 3.8) is 0 Å². The molecule has 1 atom stereocenters. The Balaban J connectivity index is 2.22. The van der Waals surface area contributed by atoms with E-state index in [9.17, 15) is 0 Å². The normalized spacial score (nSPS) is 20.6. The van der Waals surface area contributed by atoms with Crippen molar-refractivity contribution in [2.75, 3.05) is 18.0 Å². The third-order valence-corrected chi connectivity index (χ3v) is 4.50. The molecule has 2 N–H and O–H groups in total. The number of hydrogen-bond acceptors (Lipinski definition) is 2. The van der Waals surface area contributed by atoms with E-state index < -0.39 is 0 Å². The highest BCUT2D eigenvalue weighted by Gasteiger charge is 2.24. The molecule has 0 bridgehead atoms. The third-order valence-electron chi connectivity index (χ3n) is 4.26. The molecule has 1 saturated heterocycles. The standard InChI is InChI=1S/C17H27ClN2/c1-13(19)11-14-12-15(18)5-6-16(14)20-9-4-7-17(2,3)8-10-20/h5-6,12-13H,4,7-11,19H2,1-3H3. The van der Waals surface area contributed by atoms with Gasteiger partial charge in [-0.25, -0.2) is 0 Å². The van der Waals surface area contributed by atoms with Crippen molar-refractivity contribution in [2.24, 2.45) is 11.1 Å². The molecule has 112 valence electrons. The highest BCUT2D eigenvalue weighted by molar-refractivity contribution is 6.30. The van der Waals surface area contributed by atoms with Crippen molar-refractivity contribution in [1.82, 2.24) is 0 Å². The molecule has 1 aromatic rings. The second-order valence-corrected chi connectivity index (χ2v) is 7.40. The molecule has 0 spiro atoms. The Kier molecular flexibility index (Phi) is 4.98. The zero-order valence-corrected chi connectivity index (χ0v) is 13.7. The Labute approximate surface area is 128 Å². The maximum Gasteiger partial charge on any atom is 0.0410 e. The molecule has 0 aromatic heterocycles. The van der Waals surface area contributed by atoms with Crippen molar-refractivity contribution < 1.29 is 0 Å². The van der Waals surface area contributed by atoms with E-state index >= 15 is 0 Å². The molecule has 1 aromatic carbocycles. The van der Waals surface area contributed by atoms with Crippen LogP contribution >= 0.6 is 11.6 Å². The minimum atomic E-state index is 0.163. The summed E-state index contributed by atoms with van der Waals surface area (Å²) >= 11 is 6.16. The van der Waals surface area contributed by atoms with Crippen molar-refractivity contribution in [3.05, 3.63) is 28.8 Å². The lowest BCUT2D eigenvalue weighted by Crippen LogP contribution is -2.27. The zero-order valence-electron chi connectivity index (χ0n) is 13.0. The van der Waals surface area contributed by atoms with Gasteiger partial charge >= 0.3 is 0 Å². The lowest BCUT2D eigenvalue weighted by Gasteiger charge is -2.27. The first-order chi connectivity index (χ1) is 9.37. The Morgan fingerprint density at radius 3 is 2.75 bits per heavy atom. The SMILES string of the molecule is CC(N)Cc1cc(Cl)ccc1N1CCCC(C)(C)CC1. The van der Waals surface area contributed by atoms with Crippen LogP contribution in [0.2, 0.25) is 5.02 Å². The van der Waals surface area contributed by atoms with Gasteiger partial charge in [0.2, 0.25) is 0 Å². The summed E-state index contributed by atoms with van der Waals surface area (Å²) in [5.74, 6) is 0. The highest BCUT2D eigenvalue weighted by atomic mass is 35.5. The molecule has 1 heterocycles. The minimum absolute atomic E-state index is 0.163. The van der Waals surface area contributed by atoms with Gasteiger partial charge in [-0.15, -0.1) is 0 Å².